The number of para-hydroxylation sites is 2. The molecule has 1 atom stereocenters. The number of methoxy groups -OCH3 is 1. The highest BCUT2D eigenvalue weighted by molar-refractivity contribution is 5.58. The summed E-state index contributed by atoms with van der Waals surface area (Å²) < 4.78 is 5.55. The van der Waals surface area contributed by atoms with Gasteiger partial charge in [-0.3, -0.25) is 9.80 Å². The van der Waals surface area contributed by atoms with Crippen LogP contribution in [0.3, 0.4) is 0 Å². The van der Waals surface area contributed by atoms with Gasteiger partial charge in [0.05, 0.1) is 12.8 Å². The van der Waals surface area contributed by atoms with E-state index in [1.807, 2.05) is 24.3 Å². The number of ether oxygens (including phenoxy) is 1. The first-order valence-corrected chi connectivity index (χ1v) is 11.8. The molecule has 0 bridgehead atoms. The molecule has 1 aliphatic carbocycles. The number of hydrogen-bond acceptors (Lipinski definition) is 5. The number of piperazine rings is 1. The average molecular weight is 424 g/mol. The second kappa shape index (κ2) is 10.4. The van der Waals surface area contributed by atoms with Crippen molar-refractivity contribution in [3.05, 3.63) is 53.6 Å². The molecule has 1 N–H and O–H groups in total. The van der Waals surface area contributed by atoms with Crippen LogP contribution in [-0.2, 0) is 12.8 Å². The largest absolute Gasteiger partial charge is 0.508 e. The number of rotatable bonds is 8. The lowest BCUT2D eigenvalue weighted by Gasteiger charge is -2.39. The molecule has 168 valence electrons. The molecule has 4 rings (SSSR count). The van der Waals surface area contributed by atoms with E-state index in [9.17, 15) is 5.11 Å². The van der Waals surface area contributed by atoms with Crippen LogP contribution in [0.4, 0.5) is 5.69 Å². The monoisotopic (exact) mass is 423 g/mol. The van der Waals surface area contributed by atoms with E-state index in [1.54, 1.807) is 7.11 Å². The quantitative estimate of drug-likeness (QED) is 0.699. The number of fused-ring (bicyclic) bond motifs is 1. The van der Waals surface area contributed by atoms with Crippen LogP contribution in [0.25, 0.3) is 0 Å². The Morgan fingerprint density at radius 2 is 1.84 bits per heavy atom. The zero-order chi connectivity index (χ0) is 21.6. The van der Waals surface area contributed by atoms with Crippen LogP contribution in [0.15, 0.2) is 42.5 Å². The minimum absolute atomic E-state index is 0.478. The molecule has 31 heavy (non-hydrogen) atoms. The predicted octanol–water partition coefficient (Wildman–Crippen LogP) is 3.79. The van der Waals surface area contributed by atoms with Gasteiger partial charge in [-0.2, -0.15) is 0 Å². The number of phenols is 1. The SMILES string of the molecule is CCCN(CCN1CCN(c2ccccc2OC)CC1)[C@H]1CCc2c(O)cccc2C1. The van der Waals surface area contributed by atoms with Crippen molar-refractivity contribution in [2.45, 2.75) is 38.6 Å². The van der Waals surface area contributed by atoms with Gasteiger partial charge in [0.15, 0.2) is 0 Å². The second-order valence-corrected chi connectivity index (χ2v) is 8.85. The molecule has 0 spiro atoms. The van der Waals surface area contributed by atoms with Gasteiger partial charge in [0.1, 0.15) is 11.5 Å². The van der Waals surface area contributed by atoms with Crippen LogP contribution in [0, 0.1) is 0 Å². The maximum Gasteiger partial charge on any atom is 0.142 e. The lowest BCUT2D eigenvalue weighted by molar-refractivity contribution is 0.145. The summed E-state index contributed by atoms with van der Waals surface area (Å²) in [6, 6.07) is 14.9. The number of anilines is 1. The van der Waals surface area contributed by atoms with E-state index in [1.165, 1.54) is 23.2 Å². The van der Waals surface area contributed by atoms with E-state index in [0.717, 1.165) is 70.8 Å². The van der Waals surface area contributed by atoms with Crippen LogP contribution in [0.2, 0.25) is 0 Å². The highest BCUT2D eigenvalue weighted by Crippen LogP contribution is 2.31. The van der Waals surface area contributed by atoms with Gasteiger partial charge in [0.2, 0.25) is 0 Å². The molecule has 0 saturated carbocycles. The summed E-state index contributed by atoms with van der Waals surface area (Å²) in [6.07, 6.45) is 4.38. The Balaban J connectivity index is 1.30. The summed E-state index contributed by atoms with van der Waals surface area (Å²) in [5.41, 5.74) is 3.71. The fourth-order valence-electron chi connectivity index (χ4n) is 5.22. The van der Waals surface area contributed by atoms with Crippen LogP contribution in [0.5, 0.6) is 11.5 Å². The van der Waals surface area contributed by atoms with Gasteiger partial charge in [-0.15, -0.1) is 0 Å². The summed E-state index contributed by atoms with van der Waals surface area (Å²) >= 11 is 0. The first-order chi connectivity index (χ1) is 15.2. The molecule has 0 radical (unpaired) electrons. The van der Waals surface area contributed by atoms with Gasteiger partial charge < -0.3 is 14.7 Å². The summed E-state index contributed by atoms with van der Waals surface area (Å²) in [6.45, 7) is 9.97. The standard InChI is InChI=1S/C26H37N3O2/c1-3-13-28(22-11-12-23-21(20-22)7-6-9-25(23)30)17-14-27-15-18-29(19-16-27)24-8-4-5-10-26(24)31-2/h4-10,22,30H,3,11-20H2,1-2H3/t22-/m0/s1. The van der Waals surface area contributed by atoms with Crippen LogP contribution in [-0.4, -0.2) is 73.9 Å². The zero-order valence-corrected chi connectivity index (χ0v) is 19.1. The van der Waals surface area contributed by atoms with Crippen molar-refractivity contribution >= 4 is 5.69 Å². The molecule has 0 unspecified atom stereocenters. The Labute approximate surface area is 187 Å². The fraction of sp³-hybridized carbons (Fsp3) is 0.538. The highest BCUT2D eigenvalue weighted by atomic mass is 16.5. The maximum atomic E-state index is 10.2. The third-order valence-corrected chi connectivity index (χ3v) is 6.96. The van der Waals surface area contributed by atoms with Crippen molar-refractivity contribution in [1.29, 1.82) is 0 Å². The van der Waals surface area contributed by atoms with Crippen molar-refractivity contribution in [1.82, 2.24) is 9.80 Å². The Morgan fingerprint density at radius 1 is 1.03 bits per heavy atom. The first kappa shape index (κ1) is 22.0. The van der Waals surface area contributed by atoms with Crippen molar-refractivity contribution in [2.24, 2.45) is 0 Å². The van der Waals surface area contributed by atoms with Crippen molar-refractivity contribution < 1.29 is 9.84 Å². The predicted molar refractivity (Wildman–Crippen MR) is 127 cm³/mol. The number of benzene rings is 2. The van der Waals surface area contributed by atoms with Crippen LogP contribution < -0.4 is 9.64 Å². The fourth-order valence-corrected chi connectivity index (χ4v) is 5.22. The van der Waals surface area contributed by atoms with Gasteiger partial charge in [-0.05, 0) is 61.6 Å². The van der Waals surface area contributed by atoms with Crippen LogP contribution >= 0.6 is 0 Å². The first-order valence-electron chi connectivity index (χ1n) is 11.8. The summed E-state index contributed by atoms with van der Waals surface area (Å²) in [5, 5.41) is 10.2. The van der Waals surface area contributed by atoms with E-state index in [-0.39, 0.29) is 0 Å². The van der Waals surface area contributed by atoms with Gasteiger partial charge in [-0.25, -0.2) is 0 Å². The minimum Gasteiger partial charge on any atom is -0.508 e. The Kier molecular flexibility index (Phi) is 7.36. The third-order valence-electron chi connectivity index (χ3n) is 6.96. The molecule has 0 amide bonds. The van der Waals surface area contributed by atoms with Crippen LogP contribution in [0.1, 0.15) is 30.9 Å². The van der Waals surface area contributed by atoms with Gasteiger partial charge in [-0.1, -0.05) is 31.2 Å². The maximum absolute atomic E-state index is 10.2. The molecular formula is C26H37N3O2. The molecule has 0 aromatic heterocycles. The van der Waals surface area contributed by atoms with E-state index >= 15 is 0 Å². The van der Waals surface area contributed by atoms with Gasteiger partial charge in [0, 0.05) is 45.3 Å². The zero-order valence-electron chi connectivity index (χ0n) is 19.1. The molecule has 2 aliphatic rings. The summed E-state index contributed by atoms with van der Waals surface area (Å²) in [4.78, 5) is 7.75. The molecule has 2 aromatic rings. The van der Waals surface area contributed by atoms with E-state index in [0.29, 0.717) is 11.8 Å². The molecule has 1 heterocycles. The number of phenolic OH excluding ortho intramolecular Hbond substituents is 1. The average Bonchev–Trinajstić information content (AvgIpc) is 2.82. The molecule has 1 aliphatic heterocycles. The molecule has 1 saturated heterocycles. The van der Waals surface area contributed by atoms with E-state index in [4.69, 9.17) is 4.74 Å². The van der Waals surface area contributed by atoms with E-state index in [2.05, 4.69) is 39.8 Å². The van der Waals surface area contributed by atoms with Crippen molar-refractivity contribution in [3.63, 3.8) is 0 Å². The Hall–Kier alpha value is -2.24. The van der Waals surface area contributed by atoms with Gasteiger partial charge in [0.25, 0.3) is 0 Å². The highest BCUT2D eigenvalue weighted by Gasteiger charge is 2.26. The smallest absolute Gasteiger partial charge is 0.142 e. The molecule has 2 aromatic carbocycles. The normalized spacial score (nSPS) is 19.5. The second-order valence-electron chi connectivity index (χ2n) is 8.85. The lowest BCUT2D eigenvalue weighted by Crippen LogP contribution is -2.50. The molecule has 5 nitrogen and oxygen atoms in total. The minimum atomic E-state index is 0.478. The topological polar surface area (TPSA) is 39.2 Å². The summed E-state index contributed by atoms with van der Waals surface area (Å²) in [5.74, 6) is 1.44. The summed E-state index contributed by atoms with van der Waals surface area (Å²) in [7, 11) is 1.75. The molecular weight excluding hydrogens is 386 g/mol. The van der Waals surface area contributed by atoms with E-state index < -0.39 is 0 Å². The number of hydrogen-bond donors (Lipinski definition) is 1. The molecule has 5 heteroatoms. The number of nitrogens with zero attached hydrogens (tertiary/aromatic N) is 3. The number of aromatic hydroxyl groups is 1. The van der Waals surface area contributed by atoms with Crippen molar-refractivity contribution in [3.8, 4) is 11.5 Å². The molecule has 1 fully saturated rings. The lowest BCUT2D eigenvalue weighted by atomic mass is 9.87. The Bertz CT molecular complexity index is 848. The Morgan fingerprint density at radius 3 is 2.61 bits per heavy atom. The van der Waals surface area contributed by atoms with Gasteiger partial charge >= 0.3 is 0 Å². The van der Waals surface area contributed by atoms with Crippen molar-refractivity contribution in [2.75, 3.05) is 57.8 Å². The third kappa shape index (κ3) is 5.16.